The normalized spacial score (nSPS) is 35.0. The molecule has 1 heterocycles. The Morgan fingerprint density at radius 2 is 1.58 bits per heavy atom. The summed E-state index contributed by atoms with van der Waals surface area (Å²) in [5.74, 6) is -0.600. The van der Waals surface area contributed by atoms with Crippen molar-refractivity contribution in [1.82, 2.24) is 0 Å². The largest absolute Gasteiger partial charge is 0.458 e. The molecular formula is C13H21BrO5. The number of alkyl halides is 1. The van der Waals surface area contributed by atoms with Crippen molar-refractivity contribution in [2.75, 3.05) is 0 Å². The third kappa shape index (κ3) is 4.18. The molecule has 1 saturated heterocycles. The smallest absolute Gasteiger partial charge is 0.303 e. The van der Waals surface area contributed by atoms with E-state index >= 15 is 0 Å². The molecule has 0 amide bonds. The zero-order valence-electron chi connectivity index (χ0n) is 11.9. The molecule has 0 unspecified atom stereocenters. The van der Waals surface area contributed by atoms with E-state index in [1.165, 1.54) is 13.8 Å². The summed E-state index contributed by atoms with van der Waals surface area (Å²) >= 11 is 3.36. The van der Waals surface area contributed by atoms with Gasteiger partial charge in [-0.25, -0.2) is 0 Å². The minimum atomic E-state index is -0.633. The fraction of sp³-hybridized carbons (Fsp3) is 0.846. The Morgan fingerprint density at radius 3 is 2.00 bits per heavy atom. The van der Waals surface area contributed by atoms with Crippen LogP contribution in [0.25, 0.3) is 0 Å². The SMILES string of the molecule is CC(=O)O[C@@H]1[C@@H](OC(C)=O)[C@@H](C)[C@@H](C(C)C)O[C@@H]1Br. The van der Waals surface area contributed by atoms with E-state index in [2.05, 4.69) is 15.9 Å². The topological polar surface area (TPSA) is 61.8 Å². The Labute approximate surface area is 122 Å². The summed E-state index contributed by atoms with van der Waals surface area (Å²) in [6.45, 7) is 8.69. The van der Waals surface area contributed by atoms with Crippen LogP contribution in [0.1, 0.15) is 34.6 Å². The van der Waals surface area contributed by atoms with Crippen LogP contribution in [-0.2, 0) is 23.8 Å². The van der Waals surface area contributed by atoms with E-state index in [0.717, 1.165) is 0 Å². The lowest BCUT2D eigenvalue weighted by atomic mass is 9.85. The summed E-state index contributed by atoms with van der Waals surface area (Å²) in [5.41, 5.74) is 0. The Bertz CT molecular complexity index is 344. The van der Waals surface area contributed by atoms with Crippen molar-refractivity contribution in [2.45, 2.75) is 57.9 Å². The van der Waals surface area contributed by atoms with Gasteiger partial charge in [-0.2, -0.15) is 0 Å². The average molecular weight is 337 g/mol. The van der Waals surface area contributed by atoms with Crippen molar-refractivity contribution in [1.29, 1.82) is 0 Å². The maximum Gasteiger partial charge on any atom is 0.303 e. The minimum Gasteiger partial charge on any atom is -0.458 e. The van der Waals surface area contributed by atoms with E-state index in [1.807, 2.05) is 20.8 Å². The molecule has 1 rings (SSSR count). The molecule has 0 aliphatic carbocycles. The molecule has 1 aliphatic rings. The molecule has 0 spiro atoms. The van der Waals surface area contributed by atoms with Crippen LogP contribution >= 0.6 is 15.9 Å². The lowest BCUT2D eigenvalue weighted by Gasteiger charge is -2.44. The zero-order valence-corrected chi connectivity index (χ0v) is 13.5. The van der Waals surface area contributed by atoms with Gasteiger partial charge >= 0.3 is 11.9 Å². The molecule has 0 radical (unpaired) electrons. The van der Waals surface area contributed by atoms with Crippen molar-refractivity contribution in [2.24, 2.45) is 11.8 Å². The number of rotatable bonds is 3. The highest BCUT2D eigenvalue weighted by atomic mass is 79.9. The number of halogens is 1. The van der Waals surface area contributed by atoms with Crippen LogP contribution in [-0.4, -0.2) is 35.3 Å². The van der Waals surface area contributed by atoms with Crippen molar-refractivity contribution in [3.8, 4) is 0 Å². The third-order valence-corrected chi connectivity index (χ3v) is 3.90. The van der Waals surface area contributed by atoms with E-state index in [4.69, 9.17) is 14.2 Å². The molecule has 5 atom stereocenters. The Morgan fingerprint density at radius 1 is 1.11 bits per heavy atom. The first-order valence-electron chi connectivity index (χ1n) is 6.38. The lowest BCUT2D eigenvalue weighted by Crippen LogP contribution is -2.55. The van der Waals surface area contributed by atoms with Gasteiger partial charge in [0.2, 0.25) is 0 Å². The van der Waals surface area contributed by atoms with Gasteiger partial charge in [-0.05, 0) is 5.92 Å². The molecule has 0 aromatic rings. The molecule has 0 N–H and O–H groups in total. The monoisotopic (exact) mass is 336 g/mol. The van der Waals surface area contributed by atoms with E-state index in [9.17, 15) is 9.59 Å². The fourth-order valence-electron chi connectivity index (χ4n) is 2.43. The van der Waals surface area contributed by atoms with Gasteiger partial charge in [-0.15, -0.1) is 0 Å². The number of carbonyl (C=O) groups excluding carboxylic acids is 2. The van der Waals surface area contributed by atoms with Gasteiger partial charge in [0.15, 0.2) is 11.1 Å². The summed E-state index contributed by atoms with van der Waals surface area (Å²) in [4.78, 5) is 22.4. The number of ether oxygens (including phenoxy) is 3. The number of hydrogen-bond acceptors (Lipinski definition) is 5. The van der Waals surface area contributed by atoms with Crippen molar-refractivity contribution in [3.63, 3.8) is 0 Å². The van der Waals surface area contributed by atoms with Gasteiger partial charge in [0, 0.05) is 19.8 Å². The molecule has 6 heteroatoms. The maximum absolute atomic E-state index is 11.3. The first kappa shape index (κ1) is 16.4. The summed E-state index contributed by atoms with van der Waals surface area (Å²) in [6.07, 6.45) is -1.21. The predicted molar refractivity (Wildman–Crippen MR) is 72.7 cm³/mol. The van der Waals surface area contributed by atoms with E-state index in [0.29, 0.717) is 0 Å². The van der Waals surface area contributed by atoms with Crippen LogP contribution in [0.15, 0.2) is 0 Å². The second-order valence-electron chi connectivity index (χ2n) is 5.20. The molecule has 19 heavy (non-hydrogen) atoms. The molecule has 1 fully saturated rings. The van der Waals surface area contributed by atoms with E-state index in [1.54, 1.807) is 0 Å². The second-order valence-corrected chi connectivity index (χ2v) is 6.11. The summed E-state index contributed by atoms with van der Waals surface area (Å²) in [5, 5.41) is -0.482. The first-order chi connectivity index (χ1) is 8.73. The van der Waals surface area contributed by atoms with Crippen molar-refractivity contribution in [3.05, 3.63) is 0 Å². The minimum absolute atomic E-state index is 0.0537. The van der Waals surface area contributed by atoms with Crippen LogP contribution in [0.4, 0.5) is 0 Å². The van der Waals surface area contributed by atoms with Crippen LogP contribution in [0, 0.1) is 11.8 Å². The van der Waals surface area contributed by atoms with Crippen molar-refractivity contribution < 1.29 is 23.8 Å². The Kier molecular flexibility index (Phi) is 5.80. The summed E-state index contributed by atoms with van der Waals surface area (Å²) < 4.78 is 16.4. The first-order valence-corrected chi connectivity index (χ1v) is 7.29. The third-order valence-electron chi connectivity index (χ3n) is 3.17. The van der Waals surface area contributed by atoms with E-state index < -0.39 is 29.2 Å². The molecule has 0 saturated carbocycles. The predicted octanol–water partition coefficient (Wildman–Crippen LogP) is 2.26. The summed E-state index contributed by atoms with van der Waals surface area (Å²) in [7, 11) is 0. The van der Waals surface area contributed by atoms with Crippen molar-refractivity contribution >= 4 is 27.9 Å². The van der Waals surface area contributed by atoms with Gasteiger partial charge < -0.3 is 14.2 Å². The lowest BCUT2D eigenvalue weighted by molar-refractivity contribution is -0.211. The quantitative estimate of drug-likeness (QED) is 0.584. The highest BCUT2D eigenvalue weighted by molar-refractivity contribution is 9.09. The van der Waals surface area contributed by atoms with Gasteiger partial charge in [0.25, 0.3) is 0 Å². The summed E-state index contributed by atoms with van der Waals surface area (Å²) in [6, 6.07) is 0. The molecule has 5 nitrogen and oxygen atoms in total. The molecule has 1 aliphatic heterocycles. The van der Waals surface area contributed by atoms with Gasteiger partial charge in [-0.3, -0.25) is 9.59 Å². The van der Waals surface area contributed by atoms with E-state index in [-0.39, 0.29) is 17.9 Å². The second kappa shape index (κ2) is 6.70. The standard InChI is InChI=1S/C13H21BrO5/c1-6(2)10-7(3)11(17-8(4)15)12(13(14)19-10)18-9(5)16/h6-7,10-13H,1-5H3/t7-,10+,11-,12+,13-/m0/s1. The van der Waals surface area contributed by atoms with Gasteiger partial charge in [0.1, 0.15) is 6.10 Å². The molecular weight excluding hydrogens is 316 g/mol. The molecule has 0 aromatic carbocycles. The highest BCUT2D eigenvalue weighted by Crippen LogP contribution is 2.35. The Balaban J connectivity index is 2.95. The van der Waals surface area contributed by atoms with Crippen LogP contribution in [0.3, 0.4) is 0 Å². The van der Waals surface area contributed by atoms with Crippen LogP contribution in [0.2, 0.25) is 0 Å². The fourth-order valence-corrected chi connectivity index (χ4v) is 3.09. The van der Waals surface area contributed by atoms with Gasteiger partial charge in [0.05, 0.1) is 6.10 Å². The number of hydrogen-bond donors (Lipinski definition) is 0. The Hall–Kier alpha value is -0.620. The molecule has 0 aromatic heterocycles. The molecule has 110 valence electrons. The van der Waals surface area contributed by atoms with Crippen LogP contribution in [0.5, 0.6) is 0 Å². The average Bonchev–Trinajstić information content (AvgIpc) is 2.26. The van der Waals surface area contributed by atoms with Crippen LogP contribution < -0.4 is 0 Å². The maximum atomic E-state index is 11.3. The van der Waals surface area contributed by atoms with Gasteiger partial charge in [-0.1, -0.05) is 36.7 Å². The number of esters is 2. The zero-order chi connectivity index (χ0) is 14.7. The number of carbonyl (C=O) groups is 2. The molecule has 0 bridgehead atoms. The highest BCUT2D eigenvalue weighted by Gasteiger charge is 2.47.